The average Bonchev–Trinajstić information content (AvgIpc) is 2.79. The minimum atomic E-state index is -0.247. The van der Waals surface area contributed by atoms with Gasteiger partial charge in [-0.25, -0.2) is 0 Å². The maximum atomic E-state index is 13.6. The number of rotatable bonds is 4. The lowest BCUT2D eigenvalue weighted by Crippen LogP contribution is -2.69. The zero-order valence-electron chi connectivity index (χ0n) is 17.6. The number of aromatic nitrogens is 1. The van der Waals surface area contributed by atoms with Gasteiger partial charge in [-0.15, -0.1) is 0 Å². The zero-order valence-corrected chi connectivity index (χ0v) is 18.4. The number of carbonyl (C=O) groups excluding carboxylic acids is 2. The smallest absolute Gasteiger partial charge is 0.245 e. The van der Waals surface area contributed by atoms with E-state index in [4.69, 9.17) is 0 Å². The van der Waals surface area contributed by atoms with Crippen LogP contribution in [-0.2, 0) is 16.0 Å². The van der Waals surface area contributed by atoms with Crippen LogP contribution < -0.4 is 0 Å². The lowest BCUT2D eigenvalue weighted by Gasteiger charge is -2.56. The number of hydrogen-bond acceptors (Lipinski definition) is 5. The van der Waals surface area contributed by atoms with Gasteiger partial charge in [0.15, 0.2) is 0 Å². The number of likely N-dealkylation sites (tertiary alicyclic amines) is 1. The van der Waals surface area contributed by atoms with Crippen molar-refractivity contribution >= 4 is 23.6 Å². The Hall–Kier alpha value is -1.60. The second-order valence-corrected chi connectivity index (χ2v) is 10.5. The van der Waals surface area contributed by atoms with E-state index in [0.29, 0.717) is 12.3 Å². The van der Waals surface area contributed by atoms with Crippen LogP contribution in [0.4, 0.5) is 0 Å². The van der Waals surface area contributed by atoms with Crippen LogP contribution in [-0.4, -0.2) is 87.8 Å². The molecule has 1 aromatic heterocycles. The van der Waals surface area contributed by atoms with Gasteiger partial charge >= 0.3 is 0 Å². The van der Waals surface area contributed by atoms with Crippen LogP contribution in [0.1, 0.15) is 31.2 Å². The molecule has 0 N–H and O–H groups in total. The van der Waals surface area contributed by atoms with E-state index in [1.54, 1.807) is 0 Å². The summed E-state index contributed by atoms with van der Waals surface area (Å²) in [7, 11) is 0. The molecule has 0 aliphatic carbocycles. The average molecular weight is 429 g/mol. The van der Waals surface area contributed by atoms with Crippen molar-refractivity contribution in [2.75, 3.05) is 44.2 Å². The molecule has 162 valence electrons. The van der Waals surface area contributed by atoms with Crippen LogP contribution in [0.15, 0.2) is 24.5 Å². The van der Waals surface area contributed by atoms with E-state index in [0.717, 1.165) is 69.9 Å². The first-order valence-corrected chi connectivity index (χ1v) is 12.6. The fourth-order valence-electron chi connectivity index (χ4n) is 6.06. The largest absolute Gasteiger partial charge is 0.339 e. The molecule has 4 aliphatic heterocycles. The predicted octanol–water partition coefficient (Wildman–Crippen LogP) is 1.90. The molecule has 5 heterocycles. The van der Waals surface area contributed by atoms with Crippen LogP contribution >= 0.6 is 11.8 Å². The Bertz CT molecular complexity index is 770. The van der Waals surface area contributed by atoms with Crippen LogP contribution in [0.3, 0.4) is 0 Å². The number of hydrogen-bond donors (Lipinski definition) is 0. The second-order valence-electron chi connectivity index (χ2n) is 9.27. The summed E-state index contributed by atoms with van der Waals surface area (Å²) in [5.41, 5.74) is 1.26. The first kappa shape index (κ1) is 20.3. The van der Waals surface area contributed by atoms with Crippen molar-refractivity contribution in [3.05, 3.63) is 30.1 Å². The quantitative estimate of drug-likeness (QED) is 0.733. The highest BCUT2D eigenvalue weighted by molar-refractivity contribution is 7.99. The highest BCUT2D eigenvalue weighted by atomic mass is 32.2. The van der Waals surface area contributed by atoms with Gasteiger partial charge in [0, 0.05) is 75.0 Å². The number of nitrogens with zero attached hydrogens (tertiary/aromatic N) is 4. The fraction of sp³-hybridized carbons (Fsp3) is 0.696. The molecule has 5 rings (SSSR count). The third kappa shape index (κ3) is 3.98. The van der Waals surface area contributed by atoms with Gasteiger partial charge in [-0.2, -0.15) is 11.8 Å². The lowest BCUT2D eigenvalue weighted by atomic mass is 9.71. The highest BCUT2D eigenvalue weighted by Crippen LogP contribution is 2.42. The Morgan fingerprint density at radius 2 is 2.03 bits per heavy atom. The number of fused-ring (bicyclic) bond motifs is 4. The van der Waals surface area contributed by atoms with E-state index in [1.807, 2.05) is 35.1 Å². The van der Waals surface area contributed by atoms with E-state index in [2.05, 4.69) is 20.9 Å². The molecule has 7 heteroatoms. The molecule has 0 radical (unpaired) electrons. The topological polar surface area (TPSA) is 56.8 Å². The van der Waals surface area contributed by atoms with Gasteiger partial charge in [0.2, 0.25) is 11.8 Å². The molecule has 0 spiro atoms. The van der Waals surface area contributed by atoms with E-state index in [1.165, 1.54) is 5.56 Å². The van der Waals surface area contributed by atoms with Crippen LogP contribution in [0.2, 0.25) is 0 Å². The third-order valence-corrected chi connectivity index (χ3v) is 8.37. The molecular formula is C23H32N4O2S. The molecular weight excluding hydrogens is 396 g/mol. The molecule has 30 heavy (non-hydrogen) atoms. The van der Waals surface area contributed by atoms with Crippen molar-refractivity contribution in [1.82, 2.24) is 19.7 Å². The van der Waals surface area contributed by atoms with Crippen molar-refractivity contribution in [2.45, 2.75) is 44.2 Å². The Morgan fingerprint density at radius 1 is 1.20 bits per heavy atom. The maximum Gasteiger partial charge on any atom is 0.245 e. The number of carbonyl (C=O) groups is 2. The number of piperidine rings is 3. The molecule has 4 fully saturated rings. The van der Waals surface area contributed by atoms with E-state index in [-0.39, 0.29) is 29.8 Å². The summed E-state index contributed by atoms with van der Waals surface area (Å²) in [6.07, 6.45) is 8.49. The normalized spacial score (nSPS) is 32.1. The monoisotopic (exact) mass is 428 g/mol. The summed E-state index contributed by atoms with van der Waals surface area (Å²) < 4.78 is 0. The van der Waals surface area contributed by atoms with Gasteiger partial charge in [-0.3, -0.25) is 14.6 Å². The SMILES string of the molecule is O=C([C@H]1[C@@H]2C[C@@H](CN(CCc3cccnc3)C2)[C@@H]2CCCC(=O)N21)N1CCSCC1. The zero-order chi connectivity index (χ0) is 20.5. The predicted molar refractivity (Wildman–Crippen MR) is 118 cm³/mol. The Kier molecular flexibility index (Phi) is 6.01. The van der Waals surface area contributed by atoms with Gasteiger partial charge in [-0.05, 0) is 43.2 Å². The minimum Gasteiger partial charge on any atom is -0.339 e. The van der Waals surface area contributed by atoms with Gasteiger partial charge in [0.25, 0.3) is 0 Å². The van der Waals surface area contributed by atoms with Crippen LogP contribution in [0.25, 0.3) is 0 Å². The Labute approximate surface area is 183 Å². The first-order chi connectivity index (χ1) is 14.7. The Balaban J connectivity index is 1.35. The molecule has 4 saturated heterocycles. The van der Waals surface area contributed by atoms with Crippen molar-refractivity contribution in [3.8, 4) is 0 Å². The summed E-state index contributed by atoms with van der Waals surface area (Å²) in [6, 6.07) is 4.14. The van der Waals surface area contributed by atoms with Gasteiger partial charge in [0.1, 0.15) is 6.04 Å². The Morgan fingerprint density at radius 3 is 2.83 bits per heavy atom. The van der Waals surface area contributed by atoms with Gasteiger partial charge in [-0.1, -0.05) is 6.07 Å². The summed E-state index contributed by atoms with van der Waals surface area (Å²) >= 11 is 1.92. The molecule has 2 bridgehead atoms. The first-order valence-electron chi connectivity index (χ1n) is 11.5. The highest BCUT2D eigenvalue weighted by Gasteiger charge is 2.52. The minimum absolute atomic E-state index is 0.216. The molecule has 1 aromatic rings. The molecule has 4 atom stereocenters. The summed E-state index contributed by atoms with van der Waals surface area (Å²) in [6.45, 7) is 4.63. The van der Waals surface area contributed by atoms with E-state index in [9.17, 15) is 9.59 Å². The van der Waals surface area contributed by atoms with E-state index >= 15 is 0 Å². The summed E-state index contributed by atoms with van der Waals surface area (Å²) in [4.78, 5) is 37.5. The molecule has 4 aliphatic rings. The number of pyridine rings is 1. The van der Waals surface area contributed by atoms with Crippen LogP contribution in [0, 0.1) is 11.8 Å². The second kappa shape index (κ2) is 8.87. The fourth-order valence-corrected chi connectivity index (χ4v) is 6.96. The van der Waals surface area contributed by atoms with Crippen molar-refractivity contribution in [2.24, 2.45) is 11.8 Å². The number of thioether (sulfide) groups is 1. The molecule has 6 nitrogen and oxygen atoms in total. The lowest BCUT2D eigenvalue weighted by molar-refractivity contribution is -0.165. The standard InChI is InChI=1S/C23H32N4O2S/c28-21-5-1-4-20-18-13-19(16-25(15-18)8-6-17-3-2-7-24-14-17)22(27(20)21)23(29)26-9-11-30-12-10-26/h2-3,7,14,18-20,22H,1,4-6,8-13,15-16H2/t18-,19+,20-,22+/m0/s1. The molecule has 2 amide bonds. The van der Waals surface area contributed by atoms with Crippen LogP contribution in [0.5, 0.6) is 0 Å². The molecule has 0 aromatic carbocycles. The summed E-state index contributed by atoms with van der Waals surface area (Å²) in [5, 5.41) is 0. The van der Waals surface area contributed by atoms with Crippen molar-refractivity contribution < 1.29 is 9.59 Å². The van der Waals surface area contributed by atoms with E-state index < -0.39 is 0 Å². The van der Waals surface area contributed by atoms with Gasteiger partial charge < -0.3 is 14.7 Å². The van der Waals surface area contributed by atoms with Crippen molar-refractivity contribution in [3.63, 3.8) is 0 Å². The third-order valence-electron chi connectivity index (χ3n) is 7.43. The summed E-state index contributed by atoms with van der Waals surface area (Å²) in [5.74, 6) is 3.23. The maximum absolute atomic E-state index is 13.6. The van der Waals surface area contributed by atoms with Crippen molar-refractivity contribution in [1.29, 1.82) is 0 Å². The molecule has 0 saturated carbocycles. The molecule has 0 unspecified atom stereocenters. The number of amides is 2. The van der Waals surface area contributed by atoms with Gasteiger partial charge in [0.05, 0.1) is 0 Å².